The molecule has 5 nitrogen and oxygen atoms in total. The van der Waals surface area contributed by atoms with Gasteiger partial charge in [-0.1, -0.05) is 42.5 Å². The first-order chi connectivity index (χ1) is 16.9. The molecule has 1 saturated heterocycles. The number of thiophene rings is 1. The van der Waals surface area contributed by atoms with E-state index < -0.39 is 20.8 Å². The summed E-state index contributed by atoms with van der Waals surface area (Å²) in [4.78, 5) is 5.10. The van der Waals surface area contributed by atoms with E-state index in [4.69, 9.17) is 0 Å². The number of hydrogen-bond acceptors (Lipinski definition) is 5. The van der Waals surface area contributed by atoms with E-state index in [2.05, 4.69) is 28.5 Å². The highest BCUT2D eigenvalue weighted by Crippen LogP contribution is 2.45. The monoisotopic (exact) mass is 528 g/mol. The normalized spacial score (nSPS) is 20.8. The summed E-state index contributed by atoms with van der Waals surface area (Å²) in [5.74, 6) is 0.897. The maximum atomic E-state index is 13.1. The summed E-state index contributed by atoms with van der Waals surface area (Å²) in [6.07, 6.45) is 2.97. The molecule has 0 saturated carbocycles. The van der Waals surface area contributed by atoms with Crippen molar-refractivity contribution in [3.8, 4) is 0 Å². The van der Waals surface area contributed by atoms with Gasteiger partial charge < -0.3 is 4.90 Å². The number of nitrogens with zero attached hydrogens (tertiary/aromatic N) is 2. The van der Waals surface area contributed by atoms with Crippen LogP contribution < -0.4 is 0 Å². The number of sulfonamides is 1. The quantitative estimate of drug-likeness (QED) is 0.425. The molecule has 1 aromatic heterocycles. The van der Waals surface area contributed by atoms with Crippen molar-refractivity contribution in [1.29, 1.82) is 0 Å². The van der Waals surface area contributed by atoms with Crippen LogP contribution in [0.1, 0.15) is 35.6 Å². The van der Waals surface area contributed by atoms with Crippen LogP contribution in [0.3, 0.4) is 0 Å². The van der Waals surface area contributed by atoms with Gasteiger partial charge in [0.15, 0.2) is 0 Å². The Bertz CT molecular complexity index is 1270. The molecule has 35 heavy (non-hydrogen) atoms. The molecular formula is C27H32N2O3S3. The molecule has 0 amide bonds. The van der Waals surface area contributed by atoms with E-state index in [0.29, 0.717) is 11.4 Å². The van der Waals surface area contributed by atoms with Crippen molar-refractivity contribution in [2.45, 2.75) is 40.4 Å². The van der Waals surface area contributed by atoms with Gasteiger partial charge in [0.05, 0.1) is 15.7 Å². The van der Waals surface area contributed by atoms with Gasteiger partial charge in [0.1, 0.15) is 0 Å². The number of fused-ring (bicyclic) bond motifs is 2. The smallest absolute Gasteiger partial charge is 0.242 e. The molecule has 8 heteroatoms. The van der Waals surface area contributed by atoms with E-state index >= 15 is 0 Å². The van der Waals surface area contributed by atoms with Crippen molar-refractivity contribution in [2.24, 2.45) is 0 Å². The highest BCUT2D eigenvalue weighted by molar-refractivity contribution is 7.89. The van der Waals surface area contributed by atoms with Gasteiger partial charge in [-0.2, -0.15) is 0 Å². The fraction of sp³-hybridized carbons (Fsp3) is 0.407. The van der Waals surface area contributed by atoms with E-state index in [1.807, 2.05) is 24.3 Å². The second kappa shape index (κ2) is 10.3. The second-order valence-corrected chi connectivity index (χ2v) is 14.2. The SMILES string of the molecule is CN(C[C@H](CCN1CCC2(CC1)CS(=O)c1ccccc12)c1cccs1)S(=O)(=O)c1ccccc1. The number of benzene rings is 2. The molecule has 3 heterocycles. The minimum atomic E-state index is -3.52. The van der Waals surface area contributed by atoms with Crippen molar-refractivity contribution in [3.05, 3.63) is 82.6 Å². The number of piperidine rings is 1. The highest BCUT2D eigenvalue weighted by atomic mass is 32.2. The van der Waals surface area contributed by atoms with Crippen LogP contribution in [0.4, 0.5) is 0 Å². The lowest BCUT2D eigenvalue weighted by atomic mass is 9.74. The summed E-state index contributed by atoms with van der Waals surface area (Å²) < 4.78 is 40.4. The molecule has 186 valence electrons. The number of hydrogen-bond donors (Lipinski definition) is 0. The Morgan fingerprint density at radius 2 is 1.74 bits per heavy atom. The van der Waals surface area contributed by atoms with Gasteiger partial charge in [-0.05, 0) is 74.1 Å². The van der Waals surface area contributed by atoms with Gasteiger partial charge in [-0.15, -0.1) is 11.3 Å². The molecule has 3 aromatic rings. The first-order valence-corrected chi connectivity index (χ1v) is 15.8. The van der Waals surface area contributed by atoms with Crippen LogP contribution in [0.2, 0.25) is 0 Å². The Kier molecular flexibility index (Phi) is 7.28. The van der Waals surface area contributed by atoms with Gasteiger partial charge in [0, 0.05) is 40.5 Å². The van der Waals surface area contributed by atoms with Crippen molar-refractivity contribution in [2.75, 3.05) is 39.0 Å². The fourth-order valence-electron chi connectivity index (χ4n) is 5.49. The lowest BCUT2D eigenvalue weighted by Crippen LogP contribution is -2.44. The van der Waals surface area contributed by atoms with E-state index in [-0.39, 0.29) is 11.3 Å². The van der Waals surface area contributed by atoms with Crippen LogP contribution >= 0.6 is 11.3 Å². The molecule has 1 fully saturated rings. The standard InChI is InChI=1S/C27H32N2O3S3/c1-28(35(31,32)23-8-3-2-4-9-23)20-22(25-11-7-19-33-25)13-16-29-17-14-27(15-18-29)21-34(30)26-12-6-5-10-24(26)27/h2-12,19,22H,13-18,20-21H2,1H3/t22-,34?/m0/s1. The van der Waals surface area contributed by atoms with Gasteiger partial charge in [-0.25, -0.2) is 12.7 Å². The van der Waals surface area contributed by atoms with Crippen molar-refractivity contribution < 1.29 is 12.6 Å². The summed E-state index contributed by atoms with van der Waals surface area (Å²) in [5, 5.41) is 2.07. The molecule has 1 unspecified atom stereocenters. The summed E-state index contributed by atoms with van der Waals surface area (Å²) in [7, 11) is -2.72. The molecule has 0 radical (unpaired) electrons. The summed E-state index contributed by atoms with van der Waals surface area (Å²) in [6.45, 7) is 3.37. The van der Waals surface area contributed by atoms with Crippen LogP contribution in [0.5, 0.6) is 0 Å². The predicted octanol–water partition coefficient (Wildman–Crippen LogP) is 4.70. The Balaban J connectivity index is 1.23. The zero-order valence-electron chi connectivity index (χ0n) is 20.0. The first kappa shape index (κ1) is 24.8. The number of likely N-dealkylation sites (tertiary alicyclic amines) is 1. The first-order valence-electron chi connectivity index (χ1n) is 12.1. The Labute approximate surface area is 215 Å². The largest absolute Gasteiger partial charge is 0.303 e. The molecule has 0 N–H and O–H groups in total. The Hall–Kier alpha value is -1.84. The lowest BCUT2D eigenvalue weighted by molar-refractivity contribution is 0.165. The van der Waals surface area contributed by atoms with Gasteiger partial charge in [0.25, 0.3) is 0 Å². The Morgan fingerprint density at radius 3 is 2.46 bits per heavy atom. The maximum absolute atomic E-state index is 13.1. The lowest BCUT2D eigenvalue weighted by Gasteiger charge is -2.40. The number of likely N-dealkylation sites (N-methyl/N-ethyl adjacent to an activating group) is 1. The predicted molar refractivity (Wildman–Crippen MR) is 143 cm³/mol. The van der Waals surface area contributed by atoms with E-state index in [0.717, 1.165) is 49.5 Å². The molecule has 5 rings (SSSR count). The van der Waals surface area contributed by atoms with E-state index in [1.165, 1.54) is 14.7 Å². The second-order valence-electron chi connectivity index (χ2n) is 9.71. The average molecular weight is 529 g/mol. The fourth-order valence-corrected chi connectivity index (χ4v) is 9.45. The van der Waals surface area contributed by atoms with Gasteiger partial charge in [-0.3, -0.25) is 4.21 Å². The average Bonchev–Trinajstić information content (AvgIpc) is 3.51. The molecule has 1 spiro atoms. The van der Waals surface area contributed by atoms with Crippen molar-refractivity contribution in [3.63, 3.8) is 0 Å². The minimum absolute atomic E-state index is 0.0507. The van der Waals surface area contributed by atoms with Crippen LogP contribution in [0, 0.1) is 0 Å². The molecule has 0 aliphatic carbocycles. The van der Waals surface area contributed by atoms with E-state index in [9.17, 15) is 12.6 Å². The topological polar surface area (TPSA) is 57.7 Å². The van der Waals surface area contributed by atoms with Crippen LogP contribution in [-0.4, -0.2) is 60.8 Å². The van der Waals surface area contributed by atoms with Gasteiger partial charge >= 0.3 is 0 Å². The molecule has 2 aliphatic rings. The third-order valence-corrected chi connectivity index (χ3v) is 12.1. The van der Waals surface area contributed by atoms with Gasteiger partial charge in [0.2, 0.25) is 10.0 Å². The molecule has 0 bridgehead atoms. The maximum Gasteiger partial charge on any atom is 0.242 e. The summed E-state index contributed by atoms with van der Waals surface area (Å²) in [5.41, 5.74) is 1.34. The van der Waals surface area contributed by atoms with Crippen molar-refractivity contribution in [1.82, 2.24) is 9.21 Å². The summed E-state index contributed by atoms with van der Waals surface area (Å²) >= 11 is 1.70. The molecule has 2 aliphatic heterocycles. The molecule has 2 atom stereocenters. The third-order valence-electron chi connectivity index (χ3n) is 7.59. The Morgan fingerprint density at radius 1 is 1.03 bits per heavy atom. The molecular weight excluding hydrogens is 497 g/mol. The zero-order valence-corrected chi connectivity index (χ0v) is 22.5. The van der Waals surface area contributed by atoms with Crippen molar-refractivity contribution >= 4 is 32.2 Å². The van der Waals surface area contributed by atoms with Crippen LogP contribution in [-0.2, 0) is 26.2 Å². The highest BCUT2D eigenvalue weighted by Gasteiger charge is 2.44. The van der Waals surface area contributed by atoms with Crippen LogP contribution in [0.25, 0.3) is 0 Å². The third kappa shape index (κ3) is 5.04. The van der Waals surface area contributed by atoms with E-state index in [1.54, 1.807) is 42.6 Å². The van der Waals surface area contributed by atoms with Crippen LogP contribution in [0.15, 0.2) is 81.9 Å². The summed E-state index contributed by atoms with van der Waals surface area (Å²) in [6, 6.07) is 21.1. The number of rotatable bonds is 8. The zero-order chi connectivity index (χ0) is 24.5. The minimum Gasteiger partial charge on any atom is -0.303 e. The molecule has 2 aromatic carbocycles.